The van der Waals surface area contributed by atoms with Crippen LogP contribution in [0.4, 0.5) is 0 Å². The molecule has 2 saturated heterocycles. The fourth-order valence-electron chi connectivity index (χ4n) is 17.2. The number of likely N-dealkylation sites (tertiary alicyclic amines) is 2. The molecule has 6 fully saturated rings. The molecule has 414 valence electrons. The summed E-state index contributed by atoms with van der Waals surface area (Å²) in [6.07, 6.45) is 8.68. The Balaban J connectivity index is 0.714. The Bertz CT molecular complexity index is 2760. The second kappa shape index (κ2) is 19.4. The van der Waals surface area contributed by atoms with E-state index in [0.29, 0.717) is 61.9 Å². The Morgan fingerprint density at radius 3 is 1.40 bits per heavy atom. The zero-order valence-corrected chi connectivity index (χ0v) is 45.4. The molecule has 78 heavy (non-hydrogen) atoms. The first-order chi connectivity index (χ1) is 37.8. The number of carbonyl (C=O) groups excluding carboxylic acids is 2. The average molecular weight is 1060 g/mol. The van der Waals surface area contributed by atoms with Gasteiger partial charge in [0.2, 0.25) is 0 Å². The number of aliphatic hydroxyl groups excluding tert-OH is 2. The first-order valence-corrected chi connectivity index (χ1v) is 29.7. The fourth-order valence-corrected chi connectivity index (χ4v) is 17.2. The monoisotopic (exact) mass is 1060 g/mol. The summed E-state index contributed by atoms with van der Waals surface area (Å²) in [5, 5.41) is 49.7. The highest BCUT2D eigenvalue weighted by Crippen LogP contribution is 2.68. The van der Waals surface area contributed by atoms with Crippen LogP contribution in [0.25, 0.3) is 0 Å². The lowest BCUT2D eigenvalue weighted by Crippen LogP contribution is -2.78. The number of hydrogen-bond donors (Lipinski definition) is 4. The van der Waals surface area contributed by atoms with Crippen molar-refractivity contribution in [2.45, 2.75) is 173 Å². The molecule has 6 unspecified atom stereocenters. The molecule has 4 saturated carbocycles. The molecule has 4 aromatic rings. The highest BCUT2D eigenvalue weighted by Gasteiger charge is 2.75. The quantitative estimate of drug-likeness (QED) is 0.0647. The number of piperidine rings is 2. The van der Waals surface area contributed by atoms with Gasteiger partial charge in [-0.05, 0) is 189 Å². The number of benzene rings is 4. The van der Waals surface area contributed by atoms with Crippen LogP contribution < -0.4 is 18.9 Å². The van der Waals surface area contributed by atoms with Crippen LogP contribution in [0.15, 0.2) is 84.9 Å². The summed E-state index contributed by atoms with van der Waals surface area (Å²) < 4.78 is 26.3. The Labute approximate surface area is 458 Å². The standard InChI is InChI=1S/C64H78N4O10/c1-65(31-9-15-39-11-5-3-6-12-39)45-25-27-63(73)49-35-43-21-23-47(55-51(43)61(63,57(45)77-55)29-33-67(49)37-41-17-18-41)75-59(71)53(69)54(70)60(72)76-48-24-22-44-36-50-64(74)28-26-46(66(2)32-10-16-40-13-7-4-8-14-40)58-62(64,52(44)56(48)78-58)30-34-68(50)38-42-19-20-42/h3-8,11-14,21-24,41-42,45-46,49-50,53-54,57-58,69-70,73-74H,9-10,15-20,25-38H2,1-2H3/t45?,46?,49-,50-,53?,54?,57?,58?,61+,62+,63-,64-/m1/s1. The van der Waals surface area contributed by atoms with E-state index in [9.17, 15) is 30.0 Å². The Kier molecular flexibility index (Phi) is 12.7. The van der Waals surface area contributed by atoms with Gasteiger partial charge in [0.1, 0.15) is 12.2 Å². The van der Waals surface area contributed by atoms with Crippen LogP contribution in [0.1, 0.15) is 110 Å². The summed E-state index contributed by atoms with van der Waals surface area (Å²) in [7, 11) is 4.30. The molecule has 0 radical (unpaired) electrons. The van der Waals surface area contributed by atoms with Crippen LogP contribution in [-0.4, -0.2) is 165 Å². The number of ether oxygens (including phenoxy) is 4. The maximum Gasteiger partial charge on any atom is 0.343 e. The van der Waals surface area contributed by atoms with Gasteiger partial charge in [0.05, 0.1) is 22.0 Å². The van der Waals surface area contributed by atoms with Crippen LogP contribution in [0.2, 0.25) is 0 Å². The van der Waals surface area contributed by atoms with Gasteiger partial charge < -0.3 is 39.4 Å². The molecule has 2 spiro atoms. The number of rotatable bonds is 19. The third kappa shape index (κ3) is 7.99. The molecule has 12 atom stereocenters. The number of aliphatic hydroxyl groups is 4. The van der Waals surface area contributed by atoms with E-state index < -0.39 is 58.4 Å². The SMILES string of the molecule is CN(CCCc1ccccc1)C1CC[C@@]2(O)[C@H]3Cc4ccc(OC(=O)C(O)C(O)C(=O)Oc5ccc6c7c5OC5C(N(C)CCCc8ccccc8)CC[C@@]8(O)[C@@H](C6)N(CC6CC6)CC[C@]758)c5c4[C@@]2(CCN3CC2CC2)C1O5. The van der Waals surface area contributed by atoms with Crippen LogP contribution in [-0.2, 0) is 46.1 Å². The molecule has 0 aromatic heterocycles. The molecule has 14 rings (SSSR count). The lowest BCUT2D eigenvalue weighted by molar-refractivity contribution is -0.199. The lowest BCUT2D eigenvalue weighted by Gasteiger charge is -2.64. The van der Waals surface area contributed by atoms with Crippen molar-refractivity contribution in [1.82, 2.24) is 19.6 Å². The van der Waals surface area contributed by atoms with E-state index in [4.69, 9.17) is 18.9 Å². The second-order valence-electron chi connectivity index (χ2n) is 25.6. The number of aryl methyl sites for hydroxylation is 2. The largest absolute Gasteiger partial charge is 0.483 e. The van der Waals surface area contributed by atoms with Crippen molar-refractivity contribution in [3.8, 4) is 23.0 Å². The van der Waals surface area contributed by atoms with Crippen molar-refractivity contribution in [3.63, 3.8) is 0 Å². The number of nitrogens with zero attached hydrogens (tertiary/aromatic N) is 4. The van der Waals surface area contributed by atoms with Crippen molar-refractivity contribution in [3.05, 3.63) is 118 Å². The van der Waals surface area contributed by atoms with Gasteiger partial charge in [-0.3, -0.25) is 19.6 Å². The highest BCUT2D eigenvalue weighted by atomic mass is 16.6. The van der Waals surface area contributed by atoms with E-state index in [2.05, 4.69) is 82.2 Å². The Morgan fingerprint density at radius 2 is 1.00 bits per heavy atom. The summed E-state index contributed by atoms with van der Waals surface area (Å²) in [5.41, 5.74) is 2.85. The van der Waals surface area contributed by atoms with Crippen molar-refractivity contribution in [2.75, 3.05) is 53.4 Å². The van der Waals surface area contributed by atoms with Gasteiger partial charge in [-0.25, -0.2) is 9.59 Å². The van der Waals surface area contributed by atoms with Crippen molar-refractivity contribution < 1.29 is 49.0 Å². The predicted molar refractivity (Wildman–Crippen MR) is 292 cm³/mol. The van der Waals surface area contributed by atoms with E-state index in [-0.39, 0.29) is 35.7 Å². The van der Waals surface area contributed by atoms with E-state index in [1.54, 1.807) is 12.1 Å². The zero-order valence-electron chi connectivity index (χ0n) is 45.4. The summed E-state index contributed by atoms with van der Waals surface area (Å²) in [6.45, 7) is 5.30. The Morgan fingerprint density at radius 1 is 0.590 bits per heavy atom. The van der Waals surface area contributed by atoms with E-state index >= 15 is 0 Å². The topological polar surface area (TPSA) is 165 Å². The summed E-state index contributed by atoms with van der Waals surface area (Å²) in [5.74, 6) is -0.170. The number of esters is 2. The van der Waals surface area contributed by atoms with Crippen LogP contribution in [0, 0.1) is 11.8 Å². The minimum Gasteiger partial charge on any atom is -0.483 e. The minimum absolute atomic E-state index is 0.0232. The molecule has 4 heterocycles. The summed E-state index contributed by atoms with van der Waals surface area (Å²) in [4.78, 5) is 38.2. The smallest absolute Gasteiger partial charge is 0.343 e. The average Bonchev–Trinajstić information content (AvgIpc) is 4.57. The van der Waals surface area contributed by atoms with E-state index in [0.717, 1.165) is 100 Å². The van der Waals surface area contributed by atoms with Gasteiger partial charge in [0, 0.05) is 48.4 Å². The molecule has 4 aliphatic heterocycles. The molecule has 14 nitrogen and oxygen atoms in total. The zero-order chi connectivity index (χ0) is 53.3. The normalized spacial score (nSPS) is 33.6. The van der Waals surface area contributed by atoms with Crippen molar-refractivity contribution in [2.24, 2.45) is 11.8 Å². The van der Waals surface area contributed by atoms with Gasteiger partial charge in [-0.15, -0.1) is 0 Å². The van der Waals surface area contributed by atoms with Crippen LogP contribution in [0.3, 0.4) is 0 Å². The lowest BCUT2D eigenvalue weighted by atomic mass is 9.48. The third-order valence-corrected chi connectivity index (χ3v) is 21.4. The van der Waals surface area contributed by atoms with E-state index in [1.807, 2.05) is 24.3 Å². The summed E-state index contributed by atoms with van der Waals surface area (Å²) >= 11 is 0. The van der Waals surface area contributed by atoms with Crippen molar-refractivity contribution in [1.29, 1.82) is 0 Å². The van der Waals surface area contributed by atoms with Gasteiger partial charge in [0.15, 0.2) is 35.2 Å². The number of likely N-dealkylation sites (N-methyl/N-ethyl adjacent to an activating group) is 2. The fraction of sp³-hybridized carbons (Fsp3) is 0.594. The molecule has 4 bridgehead atoms. The molecule has 0 amide bonds. The number of carbonyl (C=O) groups is 2. The Hall–Kier alpha value is -4.90. The molecule has 14 heteroatoms. The minimum atomic E-state index is -2.30. The third-order valence-electron chi connectivity index (χ3n) is 21.4. The van der Waals surface area contributed by atoms with Crippen LogP contribution >= 0.6 is 0 Å². The highest BCUT2D eigenvalue weighted by molar-refractivity contribution is 5.88. The van der Waals surface area contributed by atoms with Gasteiger partial charge >= 0.3 is 11.9 Å². The first-order valence-electron chi connectivity index (χ1n) is 29.7. The van der Waals surface area contributed by atoms with E-state index in [1.165, 1.54) is 36.8 Å². The molecule has 4 aromatic carbocycles. The first kappa shape index (κ1) is 51.3. The van der Waals surface area contributed by atoms with Gasteiger partial charge in [-0.2, -0.15) is 0 Å². The van der Waals surface area contributed by atoms with Crippen LogP contribution in [0.5, 0.6) is 23.0 Å². The maximum absolute atomic E-state index is 14.2. The number of hydrogen-bond acceptors (Lipinski definition) is 14. The van der Waals surface area contributed by atoms with Gasteiger partial charge in [-0.1, -0.05) is 72.8 Å². The van der Waals surface area contributed by atoms with Gasteiger partial charge in [0.25, 0.3) is 0 Å². The molecular weight excluding hydrogens is 985 g/mol. The summed E-state index contributed by atoms with van der Waals surface area (Å²) in [6, 6.07) is 28.2. The molecule has 4 N–H and O–H groups in total. The molecule has 10 aliphatic rings. The second-order valence-corrected chi connectivity index (χ2v) is 25.6. The molecular formula is C64H78N4O10. The maximum atomic E-state index is 14.2. The van der Waals surface area contributed by atoms with Crippen molar-refractivity contribution >= 4 is 11.9 Å². The predicted octanol–water partition coefficient (Wildman–Crippen LogP) is 5.91. The molecule has 6 aliphatic carbocycles.